The van der Waals surface area contributed by atoms with E-state index in [1.165, 1.54) is 13.1 Å². The number of rotatable bonds is 1. The van der Waals surface area contributed by atoms with E-state index in [4.69, 9.17) is 11.6 Å². The van der Waals surface area contributed by atoms with Crippen molar-refractivity contribution in [3.8, 4) is 0 Å². The number of halogens is 2. The Bertz CT molecular complexity index is 343. The first kappa shape index (κ1) is 9.41. The molecular formula is C6H4BrClN2O2. The minimum atomic E-state index is -0.546. The summed E-state index contributed by atoms with van der Waals surface area (Å²) in [7, 11) is 0. The third kappa shape index (κ3) is 1.56. The number of nitrogens with zero attached hydrogens (tertiary/aromatic N) is 2. The molecule has 6 heteroatoms. The predicted molar refractivity (Wildman–Crippen MR) is 48.3 cm³/mol. The molecule has 1 rings (SSSR count). The summed E-state index contributed by atoms with van der Waals surface area (Å²) in [6, 6.07) is 0. The van der Waals surface area contributed by atoms with Crippen molar-refractivity contribution in [2.24, 2.45) is 0 Å². The lowest BCUT2D eigenvalue weighted by Gasteiger charge is -1.99. The van der Waals surface area contributed by atoms with Gasteiger partial charge in [-0.3, -0.25) is 15.1 Å². The Balaban J connectivity index is 3.43. The first-order chi connectivity index (χ1) is 5.54. The van der Waals surface area contributed by atoms with Crippen LogP contribution in [0.1, 0.15) is 5.69 Å². The van der Waals surface area contributed by atoms with Crippen LogP contribution >= 0.6 is 27.5 Å². The van der Waals surface area contributed by atoms with Crippen molar-refractivity contribution in [1.82, 2.24) is 4.98 Å². The van der Waals surface area contributed by atoms with Gasteiger partial charge in [-0.05, 0) is 22.9 Å². The van der Waals surface area contributed by atoms with Gasteiger partial charge in [0.05, 0.1) is 9.40 Å². The van der Waals surface area contributed by atoms with Crippen LogP contribution in [-0.2, 0) is 0 Å². The molecule has 0 fully saturated rings. The van der Waals surface area contributed by atoms with Gasteiger partial charge in [-0.25, -0.2) is 0 Å². The van der Waals surface area contributed by atoms with E-state index < -0.39 is 4.92 Å². The van der Waals surface area contributed by atoms with Crippen LogP contribution in [0, 0.1) is 17.0 Å². The third-order valence-electron chi connectivity index (χ3n) is 1.31. The molecule has 0 aromatic carbocycles. The molecular weight excluding hydrogens is 247 g/mol. The smallest absolute Gasteiger partial charge is 0.258 e. The van der Waals surface area contributed by atoms with E-state index in [0.29, 0.717) is 10.2 Å². The van der Waals surface area contributed by atoms with Crippen LogP contribution in [0.25, 0.3) is 0 Å². The van der Waals surface area contributed by atoms with Gasteiger partial charge in [0.1, 0.15) is 10.7 Å². The molecule has 0 spiro atoms. The summed E-state index contributed by atoms with van der Waals surface area (Å²) in [5.74, 6) is 0. The van der Waals surface area contributed by atoms with Crippen molar-refractivity contribution in [1.29, 1.82) is 0 Å². The van der Waals surface area contributed by atoms with Crippen molar-refractivity contribution in [3.05, 3.63) is 31.5 Å². The van der Waals surface area contributed by atoms with E-state index in [1.807, 2.05) is 0 Å². The number of aromatic nitrogens is 1. The Hall–Kier alpha value is -0.680. The molecule has 0 aliphatic rings. The molecule has 0 aliphatic heterocycles. The standard InChI is InChI=1S/C6H4BrClN2O2/c1-3-6(10(11)12)5(8)4(7)2-9-3/h2H,1H3. The molecule has 0 radical (unpaired) electrons. The van der Waals surface area contributed by atoms with Crippen LogP contribution in [-0.4, -0.2) is 9.91 Å². The van der Waals surface area contributed by atoms with Gasteiger partial charge in [0, 0.05) is 6.20 Å². The van der Waals surface area contributed by atoms with Gasteiger partial charge in [-0.15, -0.1) is 0 Å². The van der Waals surface area contributed by atoms with Gasteiger partial charge < -0.3 is 0 Å². The molecule has 0 saturated carbocycles. The van der Waals surface area contributed by atoms with Gasteiger partial charge >= 0.3 is 5.69 Å². The highest BCUT2D eigenvalue weighted by atomic mass is 79.9. The van der Waals surface area contributed by atoms with Crippen LogP contribution in [0.3, 0.4) is 0 Å². The van der Waals surface area contributed by atoms with E-state index in [0.717, 1.165) is 0 Å². The van der Waals surface area contributed by atoms with Crippen molar-refractivity contribution in [2.75, 3.05) is 0 Å². The van der Waals surface area contributed by atoms with E-state index in [2.05, 4.69) is 20.9 Å². The maximum Gasteiger partial charge on any atom is 0.310 e. The highest BCUT2D eigenvalue weighted by Crippen LogP contribution is 2.32. The molecule has 0 bridgehead atoms. The van der Waals surface area contributed by atoms with Gasteiger partial charge in [0.2, 0.25) is 0 Å². The molecule has 1 heterocycles. The molecule has 0 N–H and O–H groups in total. The Morgan fingerprint density at radius 3 is 2.75 bits per heavy atom. The van der Waals surface area contributed by atoms with Gasteiger partial charge in [0.25, 0.3) is 0 Å². The second-order valence-electron chi connectivity index (χ2n) is 2.11. The second kappa shape index (κ2) is 3.37. The quantitative estimate of drug-likeness (QED) is 0.569. The zero-order chi connectivity index (χ0) is 9.30. The summed E-state index contributed by atoms with van der Waals surface area (Å²) in [5.41, 5.74) is 0.166. The number of hydrogen-bond acceptors (Lipinski definition) is 3. The normalized spacial score (nSPS) is 9.92. The topological polar surface area (TPSA) is 56.0 Å². The highest BCUT2D eigenvalue weighted by molar-refractivity contribution is 9.10. The van der Waals surface area contributed by atoms with Crippen LogP contribution in [0.15, 0.2) is 10.7 Å². The number of aryl methyl sites for hydroxylation is 1. The number of nitro groups is 1. The summed E-state index contributed by atoms with van der Waals surface area (Å²) in [6.45, 7) is 1.54. The number of pyridine rings is 1. The fourth-order valence-electron chi connectivity index (χ4n) is 0.756. The summed E-state index contributed by atoms with van der Waals surface area (Å²) >= 11 is 8.71. The van der Waals surface area contributed by atoms with Crippen LogP contribution in [0.4, 0.5) is 5.69 Å². The maximum absolute atomic E-state index is 10.5. The van der Waals surface area contributed by atoms with Crippen LogP contribution < -0.4 is 0 Å². The summed E-state index contributed by atoms with van der Waals surface area (Å²) in [6.07, 6.45) is 1.44. The average molecular weight is 251 g/mol. The van der Waals surface area contributed by atoms with Crippen molar-refractivity contribution >= 4 is 33.2 Å². The Labute approximate surface area is 81.8 Å². The molecule has 0 amide bonds. The largest absolute Gasteiger partial charge is 0.310 e. The molecule has 0 unspecified atom stereocenters. The van der Waals surface area contributed by atoms with E-state index in [1.54, 1.807) is 0 Å². The molecule has 1 aromatic rings. The fraction of sp³-hybridized carbons (Fsp3) is 0.167. The lowest BCUT2D eigenvalue weighted by Crippen LogP contribution is -1.95. The Morgan fingerprint density at radius 1 is 1.75 bits per heavy atom. The second-order valence-corrected chi connectivity index (χ2v) is 3.34. The van der Waals surface area contributed by atoms with Crippen LogP contribution in [0.5, 0.6) is 0 Å². The van der Waals surface area contributed by atoms with E-state index in [9.17, 15) is 10.1 Å². The van der Waals surface area contributed by atoms with E-state index >= 15 is 0 Å². The zero-order valence-electron chi connectivity index (χ0n) is 6.04. The molecule has 1 aromatic heterocycles. The van der Waals surface area contributed by atoms with Crippen molar-refractivity contribution in [2.45, 2.75) is 6.92 Å². The average Bonchev–Trinajstić information content (AvgIpc) is 1.97. The summed E-state index contributed by atoms with van der Waals surface area (Å²) < 4.78 is 0.432. The lowest BCUT2D eigenvalue weighted by atomic mass is 10.3. The zero-order valence-corrected chi connectivity index (χ0v) is 8.39. The first-order valence-corrected chi connectivity index (χ1v) is 4.16. The minimum Gasteiger partial charge on any atom is -0.258 e. The van der Waals surface area contributed by atoms with Crippen molar-refractivity contribution in [3.63, 3.8) is 0 Å². The SMILES string of the molecule is Cc1ncc(Br)c(Cl)c1[N+](=O)[O-]. The fourth-order valence-corrected chi connectivity index (χ4v) is 1.30. The number of hydrogen-bond donors (Lipinski definition) is 0. The molecule has 0 saturated heterocycles. The predicted octanol–water partition coefficient (Wildman–Crippen LogP) is 2.71. The van der Waals surface area contributed by atoms with Gasteiger partial charge in [-0.1, -0.05) is 11.6 Å². The summed E-state index contributed by atoms with van der Waals surface area (Å²) in [5, 5.41) is 10.5. The Kier molecular flexibility index (Phi) is 2.64. The molecule has 12 heavy (non-hydrogen) atoms. The molecule has 0 atom stereocenters. The Morgan fingerprint density at radius 2 is 2.33 bits per heavy atom. The van der Waals surface area contributed by atoms with Crippen LogP contribution in [0.2, 0.25) is 5.02 Å². The third-order valence-corrected chi connectivity index (χ3v) is 2.53. The molecule has 4 nitrogen and oxygen atoms in total. The first-order valence-electron chi connectivity index (χ1n) is 2.99. The van der Waals surface area contributed by atoms with Gasteiger partial charge in [-0.2, -0.15) is 0 Å². The molecule has 0 aliphatic carbocycles. The monoisotopic (exact) mass is 250 g/mol. The van der Waals surface area contributed by atoms with E-state index in [-0.39, 0.29) is 10.7 Å². The summed E-state index contributed by atoms with van der Waals surface area (Å²) in [4.78, 5) is 13.7. The van der Waals surface area contributed by atoms with Gasteiger partial charge in [0.15, 0.2) is 0 Å². The van der Waals surface area contributed by atoms with Crippen molar-refractivity contribution < 1.29 is 4.92 Å². The minimum absolute atomic E-state index is 0.0903. The highest BCUT2D eigenvalue weighted by Gasteiger charge is 2.19. The molecule has 64 valence electrons. The lowest BCUT2D eigenvalue weighted by molar-refractivity contribution is -0.385. The maximum atomic E-state index is 10.5.